The average Bonchev–Trinajstić information content (AvgIpc) is 0.750. The third-order valence-corrected chi connectivity index (χ3v) is 31.6. The number of rotatable bonds is 30. The van der Waals surface area contributed by atoms with Gasteiger partial charge in [0.05, 0.1) is 159 Å². The van der Waals surface area contributed by atoms with Crippen molar-refractivity contribution in [3.05, 3.63) is 36.5 Å². The zero-order chi connectivity index (χ0) is 107. The Morgan fingerprint density at radius 3 is 1.66 bits per heavy atom. The van der Waals surface area contributed by atoms with E-state index in [1.807, 2.05) is 27.7 Å². The lowest BCUT2D eigenvalue weighted by Gasteiger charge is -2.52. The van der Waals surface area contributed by atoms with Crippen LogP contribution >= 0.6 is 0 Å². The molecule has 0 aromatic rings. The number of allylic oxidation sites excluding steroid dienone is 2. The van der Waals surface area contributed by atoms with Gasteiger partial charge in [0, 0.05) is 86.2 Å². The van der Waals surface area contributed by atoms with Crippen LogP contribution in [-0.2, 0) is 80.6 Å². The molecule has 0 aromatic carbocycles. The van der Waals surface area contributed by atoms with E-state index in [2.05, 4.69) is 0 Å². The summed E-state index contributed by atoms with van der Waals surface area (Å²) in [4.78, 5) is 14.5. The Morgan fingerprint density at radius 2 is 1.03 bits per heavy atom. The monoisotopic (exact) mass is 2080 g/mol. The van der Waals surface area contributed by atoms with Crippen LogP contribution in [0.5, 0.6) is 0 Å². The number of hydrogen-bond donors (Lipinski definition) is 27. The number of unbranched alkanes of at least 4 members (excludes halogenated alkanes) is 1. The number of esters is 1. The summed E-state index contributed by atoms with van der Waals surface area (Å²) in [6.45, 7) is 25.7. The highest BCUT2D eigenvalue weighted by Gasteiger charge is 2.60. The summed E-state index contributed by atoms with van der Waals surface area (Å²) in [5, 5.41) is 268. The fraction of sp³-hybridized carbons (Fsp3) is 0.930. The zero-order valence-corrected chi connectivity index (χ0v) is 86.4. The van der Waals surface area contributed by atoms with Crippen LogP contribution in [-0.4, -0.2) is 429 Å². The Hall–Kier alpha value is -2.99. The smallest absolute Gasteiger partial charge is 0.312 e. The summed E-state index contributed by atoms with van der Waals surface area (Å²) < 4.78 is 103. The number of hydrogen-bond acceptors (Lipinski definition) is 44. The maximum absolute atomic E-state index is 14.5. The van der Waals surface area contributed by atoms with E-state index in [0.29, 0.717) is 32.1 Å². The molecule has 9 heterocycles. The van der Waals surface area contributed by atoms with Crippen molar-refractivity contribution in [2.45, 2.75) is 532 Å². The first kappa shape index (κ1) is 124. The van der Waals surface area contributed by atoms with E-state index < -0.39 is 367 Å². The van der Waals surface area contributed by atoms with Crippen LogP contribution in [0.25, 0.3) is 0 Å². The predicted molar refractivity (Wildman–Crippen MR) is 512 cm³/mol. The van der Waals surface area contributed by atoms with Gasteiger partial charge in [-0.05, 0) is 137 Å². The van der Waals surface area contributed by atoms with Crippen LogP contribution in [0.15, 0.2) is 36.5 Å². The third kappa shape index (κ3) is 33.3. The highest BCUT2D eigenvalue weighted by Crippen LogP contribution is 2.45. The molecular weight excluding hydrogens is 1900 g/mol. The molecule has 0 aromatic heterocycles. The quantitative estimate of drug-likeness (QED) is 0.0198. The molecule has 31 N–H and O–H groups in total. The number of aliphatic hydroxyl groups excluding tert-OH is 22. The summed E-state index contributed by atoms with van der Waals surface area (Å²) in [6.07, 6.45) is -54.0. The molecule has 9 rings (SSSR count). The van der Waals surface area contributed by atoms with Crippen LogP contribution in [0.1, 0.15) is 233 Å². The molecule has 8 saturated heterocycles. The number of aliphatic hydroxyl groups is 23. The minimum Gasteiger partial charge on any atom is -0.461 e. The van der Waals surface area contributed by atoms with Crippen molar-refractivity contribution in [3.8, 4) is 0 Å². The number of cyclic esters (lactones) is 1. The van der Waals surface area contributed by atoms with Crippen molar-refractivity contribution in [2.24, 2.45) is 70.3 Å². The van der Waals surface area contributed by atoms with Gasteiger partial charge in [-0.15, -0.1) is 0 Å². The van der Waals surface area contributed by atoms with Crippen LogP contribution in [0.2, 0.25) is 0 Å². The van der Waals surface area contributed by atoms with Gasteiger partial charge in [-0.1, -0.05) is 105 Å². The standard InChI is InChI=1S/C100H180N4O40/c1-17-61-66(112)28-22-26-57(106)33-59(108)31-29-44(3)72(138-98-91(143-95-85(122)83(120)77(103)51(10)133-95)90(141-75-38-63(102)80(117)53(12)131-75)88(55(14)135-98)142-97-87(124)89(81(118)54(13)134-97)140-74-37-62(101)79(116)52(11)130-74)40-100(128)93(126)68(114)39-71(144-100)49(8)70(137-96-86(123)84(121)82(119)73(42-105)139-96)36-60(109)34-67(113)48(7)64(110)27-21-19-23-43(2)69(136-94(61)127)35-58(107)25-20-18-24-45(4)78(115)46(5)30-32-65(111)47(6)50(9)129-76-41-99(16,104)92(125)56(15)132-76/h19,21-23,27-28,43-93,95-98,105-126,128H,17-18,20,24-26,29-42,101-104H2,1-16H3/b23-19+,27-21+,28-22+/t43-,44+,45-,46+,47+,48-,49+,50-,51+,52-,53-,54+,55-,56-,57-,58+,59+,60-,61-,62-,63+,64-,65-,66-,67+,68-,69-,70-,71-,72+,73-,74+,75+,76-,77-,78-,79+,80-,81+,82-,83-,84+,85-,86+,87+,88-,89+,90+,91+,92-,93-,95-,96+,97-,98-,99+,100+/m0/s1. The van der Waals surface area contributed by atoms with Gasteiger partial charge in [0.15, 0.2) is 49.8 Å². The van der Waals surface area contributed by atoms with Gasteiger partial charge in [-0.2, -0.15) is 0 Å². The van der Waals surface area contributed by atoms with E-state index >= 15 is 0 Å². The topological polar surface area (TPSA) is 734 Å². The number of nitrogens with two attached hydrogens (primary N) is 4. The van der Waals surface area contributed by atoms with E-state index in [-0.39, 0.29) is 82.0 Å². The molecule has 8 fully saturated rings. The maximum atomic E-state index is 14.5. The van der Waals surface area contributed by atoms with Crippen molar-refractivity contribution in [3.63, 3.8) is 0 Å². The van der Waals surface area contributed by atoms with Crippen molar-refractivity contribution in [1.82, 2.24) is 0 Å². The summed E-state index contributed by atoms with van der Waals surface area (Å²) in [6, 6.07) is -3.05. The normalized spacial score (nSPS) is 48.4. The third-order valence-electron chi connectivity index (χ3n) is 31.6. The van der Waals surface area contributed by atoms with Crippen LogP contribution in [0, 0.1) is 47.3 Å². The van der Waals surface area contributed by atoms with Gasteiger partial charge in [-0.25, -0.2) is 0 Å². The molecule has 0 saturated carbocycles. The molecule has 44 heteroatoms. The summed E-state index contributed by atoms with van der Waals surface area (Å²) in [5.74, 6) is -9.53. The number of carbonyl (C=O) groups is 1. The van der Waals surface area contributed by atoms with E-state index in [1.54, 1.807) is 53.7 Å². The predicted octanol–water partition coefficient (Wildman–Crippen LogP) is -2.65. The van der Waals surface area contributed by atoms with Gasteiger partial charge in [0.2, 0.25) is 0 Å². The summed E-state index contributed by atoms with van der Waals surface area (Å²) >= 11 is 0. The number of fused-ring (bicyclic) bond motifs is 2. The molecule has 0 aliphatic carbocycles. The van der Waals surface area contributed by atoms with Gasteiger partial charge in [0.1, 0.15) is 85.5 Å². The van der Waals surface area contributed by atoms with E-state index in [9.17, 15) is 122 Å². The average molecular weight is 2080 g/mol. The van der Waals surface area contributed by atoms with E-state index in [1.165, 1.54) is 65.8 Å². The van der Waals surface area contributed by atoms with E-state index in [4.69, 9.17) is 98.7 Å². The fourth-order valence-electron chi connectivity index (χ4n) is 21.0. The van der Waals surface area contributed by atoms with Crippen LogP contribution in [0.3, 0.4) is 0 Å². The van der Waals surface area contributed by atoms with Gasteiger partial charge in [-0.3, -0.25) is 4.79 Å². The summed E-state index contributed by atoms with van der Waals surface area (Å²) in [7, 11) is 0. The van der Waals surface area contributed by atoms with Crippen molar-refractivity contribution < 1.29 is 198 Å². The highest BCUT2D eigenvalue weighted by molar-refractivity contribution is 5.73. The lowest BCUT2D eigenvalue weighted by Crippen LogP contribution is -2.68. The lowest BCUT2D eigenvalue weighted by atomic mass is 9.82. The van der Waals surface area contributed by atoms with Crippen molar-refractivity contribution in [2.75, 3.05) is 6.61 Å². The maximum Gasteiger partial charge on any atom is 0.312 e. The second kappa shape index (κ2) is 56.4. The Balaban J connectivity index is 1.00. The SMILES string of the molecule is CC[C@@H]1C(=O)O[C@@H](C[C@H](O)CCCC[C@H](C)[C@H](O)[C@H](C)CC[C@H](O)[C@H](C)[C@H](C)O[C@@H]2C[C@@](C)(N)[C@@H](O)[C@H](C)O2)[C@@H](C)/C=C/C=C/[C@H](O)[C@H](C)[C@H](O)C[C@H](O)C[C@H](O[C@@H]2O[C@@H](CO)[C@H](O)[C@@H](O)[C@H]2O)[C@@H](C)[C@@H]2C[C@H](O)[C@H](O)[C@@](O)(C[C@@H](O[C@@H]3O[C@@H](C)[C@H](O[C@@H]4O[C@H](C)[C@@H](O)[C@@H](O[C@@H]5C[C@H](N)[C@H](O)[C@H](C)O5)[C@H]4O)[C@@H](O[C@@H]4C[C@@H](N)[C@@H](O)[C@H](C)O4)[C@H]3O[C@@H]3O[C@H](C)[C@H](N)[C@H](O)[C@@H]3O)[C@H](C)CC[C@@H](O)C[C@@H](O)C/C=C/[C@@H]1O)O2. The second-order valence-corrected chi connectivity index (χ2v) is 43.6. The zero-order valence-electron chi connectivity index (χ0n) is 86.4. The lowest BCUT2D eigenvalue weighted by molar-refractivity contribution is -0.405. The molecular formula is C100H180N4O40. The molecule has 0 spiro atoms. The molecule has 2 bridgehead atoms. The minimum absolute atomic E-state index is 0.0592. The second-order valence-electron chi connectivity index (χ2n) is 43.6. The first-order valence-electron chi connectivity index (χ1n) is 52.2. The fourth-order valence-corrected chi connectivity index (χ4v) is 21.0. The van der Waals surface area contributed by atoms with Gasteiger partial charge >= 0.3 is 5.97 Å². The molecule has 0 amide bonds. The Kier molecular flexibility index (Phi) is 48.8. The Bertz CT molecular complexity index is 3780. The van der Waals surface area contributed by atoms with Crippen molar-refractivity contribution in [1.29, 1.82) is 0 Å². The Morgan fingerprint density at radius 1 is 0.472 bits per heavy atom. The molecule has 9 aliphatic rings. The van der Waals surface area contributed by atoms with E-state index in [0.717, 1.165) is 0 Å². The first-order chi connectivity index (χ1) is 67.5. The Labute approximate surface area is 845 Å². The molecule has 0 radical (unpaired) electrons. The summed E-state index contributed by atoms with van der Waals surface area (Å²) in [5.41, 5.74) is 24.6. The molecule has 57 atom stereocenters. The molecule has 840 valence electrons. The minimum atomic E-state index is -2.97. The molecule has 144 heavy (non-hydrogen) atoms. The number of carbonyl (C=O) groups excluding carboxylic acids is 1. The first-order valence-corrected chi connectivity index (χ1v) is 52.2. The van der Waals surface area contributed by atoms with Gasteiger partial charge in [0.25, 0.3) is 0 Å². The number of ether oxygens (including phenoxy) is 16. The highest BCUT2D eigenvalue weighted by atomic mass is 16.8. The van der Waals surface area contributed by atoms with Crippen molar-refractivity contribution >= 4 is 5.97 Å². The largest absolute Gasteiger partial charge is 0.461 e. The molecule has 9 aliphatic heterocycles. The van der Waals surface area contributed by atoms with Crippen LogP contribution < -0.4 is 22.9 Å². The molecule has 44 nitrogen and oxygen atoms in total. The van der Waals surface area contributed by atoms with Crippen LogP contribution in [0.4, 0.5) is 0 Å². The molecule has 0 unspecified atom stereocenters. The van der Waals surface area contributed by atoms with Gasteiger partial charge < -0.3 is 216 Å².